The number of anilines is 1. The first-order valence-electron chi connectivity index (χ1n) is 9.54. The fourth-order valence-electron chi connectivity index (χ4n) is 4.49. The number of nitrogen functional groups attached to an aromatic ring is 1. The molecule has 1 saturated carbocycles. The van der Waals surface area contributed by atoms with E-state index in [1.54, 1.807) is 4.52 Å². The van der Waals surface area contributed by atoms with Gasteiger partial charge in [0.1, 0.15) is 5.82 Å². The Morgan fingerprint density at radius 3 is 2.58 bits per heavy atom. The van der Waals surface area contributed by atoms with Crippen molar-refractivity contribution < 1.29 is 0 Å². The van der Waals surface area contributed by atoms with E-state index >= 15 is 0 Å². The Hall–Kier alpha value is -1.62. The Kier molecular flexibility index (Phi) is 4.44. The highest BCUT2D eigenvalue weighted by Crippen LogP contribution is 2.30. The monoisotopic (exact) mass is 327 g/mol. The van der Waals surface area contributed by atoms with Crippen LogP contribution in [0.4, 0.5) is 5.82 Å². The van der Waals surface area contributed by atoms with Crippen molar-refractivity contribution in [2.24, 2.45) is 5.92 Å². The molecule has 0 aromatic carbocycles. The number of hydrogen-bond acceptors (Lipinski definition) is 4. The third-order valence-electron chi connectivity index (χ3n) is 5.84. The summed E-state index contributed by atoms with van der Waals surface area (Å²) in [5, 5.41) is 4.40. The lowest BCUT2D eigenvalue weighted by Crippen LogP contribution is -2.37. The number of fused-ring (bicyclic) bond motifs is 1. The van der Waals surface area contributed by atoms with Gasteiger partial charge >= 0.3 is 0 Å². The van der Waals surface area contributed by atoms with E-state index in [0.717, 1.165) is 23.0 Å². The van der Waals surface area contributed by atoms with Crippen LogP contribution in [0.2, 0.25) is 0 Å². The zero-order chi connectivity index (χ0) is 16.5. The van der Waals surface area contributed by atoms with Gasteiger partial charge in [-0.15, -0.1) is 0 Å². The quantitative estimate of drug-likeness (QED) is 0.939. The summed E-state index contributed by atoms with van der Waals surface area (Å²) in [4.78, 5) is 7.50. The molecule has 2 aliphatic rings. The maximum absolute atomic E-state index is 6.18. The van der Waals surface area contributed by atoms with E-state index in [1.807, 2.05) is 19.1 Å². The summed E-state index contributed by atoms with van der Waals surface area (Å²) < 4.78 is 1.75. The number of aromatic nitrogens is 3. The molecule has 2 fully saturated rings. The summed E-state index contributed by atoms with van der Waals surface area (Å²) in [7, 11) is 0. The topological polar surface area (TPSA) is 59.5 Å². The van der Waals surface area contributed by atoms with Crippen LogP contribution in [0.5, 0.6) is 0 Å². The Morgan fingerprint density at radius 2 is 1.83 bits per heavy atom. The second kappa shape index (κ2) is 6.71. The Bertz CT molecular complexity index is 693. The zero-order valence-electron chi connectivity index (χ0n) is 14.7. The van der Waals surface area contributed by atoms with Gasteiger partial charge in [-0.25, -0.2) is 4.98 Å². The fourth-order valence-corrected chi connectivity index (χ4v) is 4.49. The van der Waals surface area contributed by atoms with Crippen LogP contribution in [-0.2, 0) is 0 Å². The normalized spacial score (nSPS) is 21.5. The van der Waals surface area contributed by atoms with Crippen LogP contribution in [-0.4, -0.2) is 39.1 Å². The number of piperidine rings is 1. The van der Waals surface area contributed by atoms with Gasteiger partial charge in [-0.05, 0) is 51.6 Å². The van der Waals surface area contributed by atoms with E-state index in [-0.39, 0.29) is 0 Å². The van der Waals surface area contributed by atoms with Gasteiger partial charge in [-0.3, -0.25) is 0 Å². The lowest BCUT2D eigenvalue weighted by Gasteiger charge is -2.35. The molecule has 0 unspecified atom stereocenters. The average Bonchev–Trinajstić information content (AvgIpc) is 2.97. The Balaban J connectivity index is 1.40. The lowest BCUT2D eigenvalue weighted by atomic mass is 9.87. The van der Waals surface area contributed by atoms with Crippen molar-refractivity contribution in [1.82, 2.24) is 19.5 Å². The summed E-state index contributed by atoms with van der Waals surface area (Å²) in [5.41, 5.74) is 9.18. The Morgan fingerprint density at radius 1 is 1.08 bits per heavy atom. The van der Waals surface area contributed by atoms with Crippen molar-refractivity contribution in [1.29, 1.82) is 0 Å². The molecular formula is C19H29N5. The fraction of sp³-hybridized carbons (Fsp3) is 0.684. The summed E-state index contributed by atoms with van der Waals surface area (Å²) in [6.07, 6.45) is 9.60. The van der Waals surface area contributed by atoms with Crippen LogP contribution in [0.15, 0.2) is 12.1 Å². The van der Waals surface area contributed by atoms with E-state index in [4.69, 9.17) is 10.7 Å². The number of rotatable bonds is 3. The van der Waals surface area contributed by atoms with Gasteiger partial charge in [-0.2, -0.15) is 9.61 Å². The van der Waals surface area contributed by atoms with Gasteiger partial charge in [0.05, 0.1) is 5.69 Å². The van der Waals surface area contributed by atoms with E-state index in [9.17, 15) is 0 Å². The molecule has 5 heteroatoms. The van der Waals surface area contributed by atoms with Gasteiger partial charge < -0.3 is 10.6 Å². The number of likely N-dealkylation sites (tertiary alicyclic amines) is 1. The van der Waals surface area contributed by atoms with Crippen LogP contribution in [0.25, 0.3) is 5.65 Å². The molecule has 2 aromatic rings. The molecule has 0 radical (unpaired) electrons. The molecule has 0 amide bonds. The van der Waals surface area contributed by atoms with Crippen LogP contribution in [0, 0.1) is 12.8 Å². The third-order valence-corrected chi connectivity index (χ3v) is 5.84. The molecule has 130 valence electrons. The van der Waals surface area contributed by atoms with Crippen LogP contribution >= 0.6 is 0 Å². The van der Waals surface area contributed by atoms with Crippen molar-refractivity contribution in [2.75, 3.05) is 25.4 Å². The minimum absolute atomic E-state index is 0.537. The van der Waals surface area contributed by atoms with Gasteiger partial charge in [0.25, 0.3) is 0 Å². The molecule has 2 N–H and O–H groups in total. The van der Waals surface area contributed by atoms with Gasteiger partial charge in [0.2, 0.25) is 0 Å². The summed E-state index contributed by atoms with van der Waals surface area (Å²) >= 11 is 0. The van der Waals surface area contributed by atoms with E-state index < -0.39 is 0 Å². The van der Waals surface area contributed by atoms with Crippen LogP contribution in [0.1, 0.15) is 62.3 Å². The van der Waals surface area contributed by atoms with E-state index in [0.29, 0.717) is 11.7 Å². The number of nitrogens with two attached hydrogens (primary N) is 1. The third kappa shape index (κ3) is 3.27. The highest BCUT2D eigenvalue weighted by atomic mass is 15.3. The molecule has 2 aromatic heterocycles. The standard InChI is InChI=1S/C19H29N5/c1-14-11-19-21-17(12-18(20)24(19)22-14)16-7-9-23(10-8-16)13-15-5-3-2-4-6-15/h11-12,15-16H,2-10,13,20H2,1H3. The molecule has 0 bridgehead atoms. The van der Waals surface area contributed by atoms with Gasteiger partial charge in [0.15, 0.2) is 5.65 Å². The summed E-state index contributed by atoms with van der Waals surface area (Å²) in [5.74, 6) is 2.18. The zero-order valence-corrected chi connectivity index (χ0v) is 14.7. The number of aryl methyl sites for hydroxylation is 1. The number of hydrogen-bond donors (Lipinski definition) is 1. The largest absolute Gasteiger partial charge is 0.384 e. The second-order valence-electron chi connectivity index (χ2n) is 7.74. The lowest BCUT2D eigenvalue weighted by molar-refractivity contribution is 0.163. The van der Waals surface area contributed by atoms with Crippen LogP contribution < -0.4 is 5.73 Å². The first-order chi connectivity index (χ1) is 11.7. The van der Waals surface area contributed by atoms with Crippen molar-refractivity contribution in [2.45, 2.75) is 57.8 Å². The predicted molar refractivity (Wildman–Crippen MR) is 97.1 cm³/mol. The summed E-state index contributed by atoms with van der Waals surface area (Å²) in [6, 6.07) is 4.04. The highest BCUT2D eigenvalue weighted by molar-refractivity contribution is 5.48. The maximum atomic E-state index is 6.18. The SMILES string of the molecule is Cc1cc2nc(C3CCN(CC4CCCCC4)CC3)cc(N)n2n1. The Labute approximate surface area is 144 Å². The van der Waals surface area contributed by atoms with E-state index in [1.165, 1.54) is 64.6 Å². The van der Waals surface area contributed by atoms with Crippen LogP contribution in [0.3, 0.4) is 0 Å². The summed E-state index contributed by atoms with van der Waals surface area (Å²) in [6.45, 7) is 5.69. The molecule has 1 aliphatic heterocycles. The smallest absolute Gasteiger partial charge is 0.157 e. The first-order valence-corrected chi connectivity index (χ1v) is 9.54. The first kappa shape index (κ1) is 15.9. The molecule has 4 rings (SSSR count). The molecular weight excluding hydrogens is 298 g/mol. The molecule has 0 spiro atoms. The van der Waals surface area contributed by atoms with Gasteiger partial charge in [-0.1, -0.05) is 19.3 Å². The highest BCUT2D eigenvalue weighted by Gasteiger charge is 2.25. The molecule has 0 atom stereocenters. The van der Waals surface area contributed by atoms with Crippen molar-refractivity contribution in [3.05, 3.63) is 23.5 Å². The van der Waals surface area contributed by atoms with Crippen molar-refractivity contribution in [3.63, 3.8) is 0 Å². The number of nitrogens with zero attached hydrogens (tertiary/aromatic N) is 4. The average molecular weight is 327 g/mol. The maximum Gasteiger partial charge on any atom is 0.157 e. The molecule has 1 saturated heterocycles. The van der Waals surface area contributed by atoms with Crippen molar-refractivity contribution in [3.8, 4) is 0 Å². The second-order valence-corrected chi connectivity index (χ2v) is 7.74. The van der Waals surface area contributed by atoms with Crippen molar-refractivity contribution >= 4 is 11.5 Å². The predicted octanol–water partition coefficient (Wildman–Crippen LogP) is 3.38. The molecule has 24 heavy (non-hydrogen) atoms. The minimum Gasteiger partial charge on any atom is -0.384 e. The minimum atomic E-state index is 0.537. The molecule has 5 nitrogen and oxygen atoms in total. The molecule has 3 heterocycles. The van der Waals surface area contributed by atoms with Gasteiger partial charge in [0, 0.05) is 30.3 Å². The van der Waals surface area contributed by atoms with E-state index in [2.05, 4.69) is 10.00 Å². The molecule has 1 aliphatic carbocycles.